The molecule has 0 aliphatic heterocycles. The van der Waals surface area contributed by atoms with Gasteiger partial charge in [-0.15, -0.1) is 0 Å². The molecular formula is C13H22N2O. The molecule has 0 unspecified atom stereocenters. The van der Waals surface area contributed by atoms with Crippen molar-refractivity contribution in [2.45, 2.75) is 44.9 Å². The van der Waals surface area contributed by atoms with Gasteiger partial charge in [-0.05, 0) is 37.2 Å². The summed E-state index contributed by atoms with van der Waals surface area (Å²) < 4.78 is 1.94. The van der Waals surface area contributed by atoms with Crippen molar-refractivity contribution in [3.63, 3.8) is 0 Å². The Morgan fingerprint density at radius 2 is 2.12 bits per heavy atom. The lowest BCUT2D eigenvalue weighted by atomic mass is 9.71. The fourth-order valence-electron chi connectivity index (χ4n) is 2.83. The first-order valence-electron chi connectivity index (χ1n) is 6.34. The first kappa shape index (κ1) is 11.6. The van der Waals surface area contributed by atoms with Gasteiger partial charge in [-0.1, -0.05) is 19.3 Å². The van der Waals surface area contributed by atoms with Gasteiger partial charge in [0.2, 0.25) is 0 Å². The van der Waals surface area contributed by atoms with Gasteiger partial charge in [-0.3, -0.25) is 4.68 Å². The van der Waals surface area contributed by atoms with E-state index in [9.17, 15) is 5.11 Å². The molecule has 3 heteroatoms. The van der Waals surface area contributed by atoms with Crippen LogP contribution in [0.2, 0.25) is 0 Å². The van der Waals surface area contributed by atoms with Crippen LogP contribution in [0, 0.1) is 5.41 Å². The molecule has 0 bridgehead atoms. The van der Waals surface area contributed by atoms with Gasteiger partial charge < -0.3 is 5.11 Å². The molecule has 3 nitrogen and oxygen atoms in total. The minimum atomic E-state index is 0.197. The molecule has 1 heterocycles. The maximum atomic E-state index is 9.62. The number of aliphatic hydroxyl groups excluding tert-OH is 1. The lowest BCUT2D eigenvalue weighted by molar-refractivity contribution is 0.0733. The molecule has 16 heavy (non-hydrogen) atoms. The van der Waals surface area contributed by atoms with Gasteiger partial charge >= 0.3 is 0 Å². The van der Waals surface area contributed by atoms with E-state index in [1.807, 2.05) is 17.9 Å². The summed E-state index contributed by atoms with van der Waals surface area (Å²) in [5, 5.41) is 13.8. The van der Waals surface area contributed by atoms with Gasteiger partial charge in [0.25, 0.3) is 0 Å². The summed E-state index contributed by atoms with van der Waals surface area (Å²) in [7, 11) is 1.99. The van der Waals surface area contributed by atoms with Crippen LogP contribution >= 0.6 is 0 Å². The molecule has 0 radical (unpaired) electrons. The molecule has 0 atom stereocenters. The minimum Gasteiger partial charge on any atom is -0.396 e. The molecule has 1 aliphatic rings. The molecule has 0 aromatic carbocycles. The van der Waals surface area contributed by atoms with Crippen LogP contribution in [-0.2, 0) is 13.5 Å². The minimum absolute atomic E-state index is 0.197. The molecule has 0 saturated heterocycles. The average molecular weight is 222 g/mol. The van der Waals surface area contributed by atoms with Crippen molar-refractivity contribution in [3.8, 4) is 0 Å². The summed E-state index contributed by atoms with van der Waals surface area (Å²) in [6.45, 7) is 0.352. The molecule has 0 amide bonds. The van der Waals surface area contributed by atoms with Crippen molar-refractivity contribution in [1.82, 2.24) is 9.78 Å². The maximum absolute atomic E-state index is 9.62. The Balaban J connectivity index is 1.94. The third kappa shape index (κ3) is 2.46. The topological polar surface area (TPSA) is 38.0 Å². The van der Waals surface area contributed by atoms with Crippen LogP contribution in [0.5, 0.6) is 0 Å². The first-order chi connectivity index (χ1) is 7.76. The SMILES string of the molecule is Cn1nccc1CCC1(CO)CCCCC1. The highest BCUT2D eigenvalue weighted by Crippen LogP contribution is 2.39. The van der Waals surface area contributed by atoms with Gasteiger partial charge in [0.05, 0.1) is 0 Å². The fraction of sp³-hybridized carbons (Fsp3) is 0.769. The fourth-order valence-corrected chi connectivity index (χ4v) is 2.83. The van der Waals surface area contributed by atoms with Crippen LogP contribution in [0.3, 0.4) is 0 Å². The predicted molar refractivity (Wildman–Crippen MR) is 64.1 cm³/mol. The molecule has 1 fully saturated rings. The van der Waals surface area contributed by atoms with Gasteiger partial charge in [0.1, 0.15) is 0 Å². The summed E-state index contributed by atoms with van der Waals surface area (Å²) in [5.74, 6) is 0. The standard InChI is InChI=1S/C13H22N2O/c1-15-12(6-10-14-15)5-9-13(11-16)7-3-2-4-8-13/h6,10,16H,2-5,7-9,11H2,1H3. The van der Waals surface area contributed by atoms with Crippen molar-refractivity contribution < 1.29 is 5.11 Å². The largest absolute Gasteiger partial charge is 0.396 e. The number of hydrogen-bond acceptors (Lipinski definition) is 2. The third-order valence-corrected chi connectivity index (χ3v) is 4.08. The highest BCUT2D eigenvalue weighted by Gasteiger charge is 2.30. The molecule has 1 aromatic rings. The Kier molecular flexibility index (Phi) is 3.64. The van der Waals surface area contributed by atoms with E-state index in [-0.39, 0.29) is 5.41 Å². The van der Waals surface area contributed by atoms with Gasteiger partial charge in [-0.2, -0.15) is 5.10 Å². The molecule has 1 saturated carbocycles. The Bertz CT molecular complexity index is 326. The molecular weight excluding hydrogens is 200 g/mol. The van der Waals surface area contributed by atoms with E-state index in [2.05, 4.69) is 11.2 Å². The van der Waals surface area contributed by atoms with Crippen molar-refractivity contribution in [1.29, 1.82) is 0 Å². The number of aromatic nitrogens is 2. The highest BCUT2D eigenvalue weighted by atomic mass is 16.3. The Hall–Kier alpha value is -0.830. The average Bonchev–Trinajstić information content (AvgIpc) is 2.74. The molecule has 90 valence electrons. The summed E-state index contributed by atoms with van der Waals surface area (Å²) in [6.07, 6.45) is 10.3. The molecule has 2 rings (SSSR count). The van der Waals surface area contributed by atoms with Gasteiger partial charge in [0.15, 0.2) is 0 Å². The lowest BCUT2D eigenvalue weighted by Crippen LogP contribution is -2.29. The van der Waals surface area contributed by atoms with E-state index < -0.39 is 0 Å². The van der Waals surface area contributed by atoms with Crippen LogP contribution in [0.15, 0.2) is 12.3 Å². The maximum Gasteiger partial charge on any atom is 0.0492 e. The van der Waals surface area contributed by atoms with Crippen molar-refractivity contribution in [2.24, 2.45) is 12.5 Å². The normalized spacial score (nSPS) is 19.9. The van der Waals surface area contributed by atoms with E-state index >= 15 is 0 Å². The summed E-state index contributed by atoms with van der Waals surface area (Å²) >= 11 is 0. The molecule has 1 aromatic heterocycles. The summed E-state index contributed by atoms with van der Waals surface area (Å²) in [4.78, 5) is 0. The van der Waals surface area contributed by atoms with Gasteiger partial charge in [-0.25, -0.2) is 0 Å². The predicted octanol–water partition coefficient (Wildman–Crippen LogP) is 2.30. The number of nitrogens with zero attached hydrogens (tertiary/aromatic N) is 2. The molecule has 0 spiro atoms. The summed E-state index contributed by atoms with van der Waals surface area (Å²) in [6, 6.07) is 2.08. The second kappa shape index (κ2) is 5.00. The van der Waals surface area contributed by atoms with E-state index in [4.69, 9.17) is 0 Å². The number of hydrogen-bond donors (Lipinski definition) is 1. The van der Waals surface area contributed by atoms with Crippen LogP contribution < -0.4 is 0 Å². The van der Waals surface area contributed by atoms with Gasteiger partial charge in [0, 0.05) is 25.5 Å². The van der Waals surface area contributed by atoms with Crippen LogP contribution in [0.1, 0.15) is 44.2 Å². The zero-order chi connectivity index (χ0) is 11.4. The van der Waals surface area contributed by atoms with Crippen LogP contribution in [0.4, 0.5) is 0 Å². The second-order valence-electron chi connectivity index (χ2n) is 5.16. The Morgan fingerprint density at radius 1 is 1.38 bits per heavy atom. The molecule has 1 N–H and O–H groups in total. The van der Waals surface area contributed by atoms with Crippen molar-refractivity contribution in [3.05, 3.63) is 18.0 Å². The Morgan fingerprint density at radius 3 is 2.69 bits per heavy atom. The van der Waals surface area contributed by atoms with Crippen molar-refractivity contribution in [2.75, 3.05) is 6.61 Å². The number of aryl methyl sites for hydroxylation is 2. The van der Waals surface area contributed by atoms with E-state index in [0.717, 1.165) is 12.8 Å². The quantitative estimate of drug-likeness (QED) is 0.849. The van der Waals surface area contributed by atoms with Crippen LogP contribution in [0.25, 0.3) is 0 Å². The third-order valence-electron chi connectivity index (χ3n) is 4.08. The van der Waals surface area contributed by atoms with Crippen molar-refractivity contribution >= 4 is 0 Å². The highest BCUT2D eigenvalue weighted by molar-refractivity contribution is 5.01. The van der Waals surface area contributed by atoms with E-state index in [1.165, 1.54) is 37.8 Å². The smallest absolute Gasteiger partial charge is 0.0492 e. The zero-order valence-corrected chi connectivity index (χ0v) is 10.2. The van der Waals surface area contributed by atoms with E-state index in [0.29, 0.717) is 6.61 Å². The molecule has 1 aliphatic carbocycles. The number of rotatable bonds is 4. The van der Waals surface area contributed by atoms with Crippen LogP contribution in [-0.4, -0.2) is 21.5 Å². The Labute approximate surface area is 97.5 Å². The lowest BCUT2D eigenvalue weighted by Gasteiger charge is -2.35. The van der Waals surface area contributed by atoms with E-state index in [1.54, 1.807) is 0 Å². The second-order valence-corrected chi connectivity index (χ2v) is 5.16. The number of aliphatic hydroxyl groups is 1. The monoisotopic (exact) mass is 222 g/mol. The first-order valence-corrected chi connectivity index (χ1v) is 6.34. The summed E-state index contributed by atoms with van der Waals surface area (Å²) in [5.41, 5.74) is 1.47. The zero-order valence-electron chi connectivity index (χ0n) is 10.2.